The van der Waals surface area contributed by atoms with E-state index in [1.807, 2.05) is 0 Å². The van der Waals surface area contributed by atoms with Crippen LogP contribution in [0.3, 0.4) is 0 Å². The van der Waals surface area contributed by atoms with Crippen LogP contribution in [-0.2, 0) is 0 Å². The molecular weight excluding hydrogens is 414 g/mol. The summed E-state index contributed by atoms with van der Waals surface area (Å²) in [5, 5.41) is 11.2. The zero-order valence-electron chi connectivity index (χ0n) is 23.7. The highest BCUT2D eigenvalue weighted by Gasteiger charge is 2.16. The number of hydrogen-bond acceptors (Lipinski definition) is 3. The summed E-state index contributed by atoms with van der Waals surface area (Å²) in [4.78, 5) is 0. The highest BCUT2D eigenvalue weighted by atomic mass is 15.0. The molecule has 0 aliphatic rings. The lowest BCUT2D eigenvalue weighted by Gasteiger charge is -2.23. The fourth-order valence-electron chi connectivity index (χ4n) is 4.74. The quantitative estimate of drug-likeness (QED) is 0.260. The summed E-state index contributed by atoms with van der Waals surface area (Å²) in [5.74, 6) is 2.09. The van der Waals surface area contributed by atoms with Crippen molar-refractivity contribution in [2.75, 3.05) is 36.8 Å². The number of rotatable bonds is 13. The summed E-state index contributed by atoms with van der Waals surface area (Å²) >= 11 is 0. The Kier molecular flexibility index (Phi) is 11.0. The third kappa shape index (κ3) is 7.77. The fraction of sp³-hybridized carbons (Fsp3) is 0.613. The van der Waals surface area contributed by atoms with Crippen molar-refractivity contribution in [3.8, 4) is 0 Å². The van der Waals surface area contributed by atoms with Crippen molar-refractivity contribution in [2.45, 2.75) is 99.3 Å². The molecule has 0 amide bonds. The van der Waals surface area contributed by atoms with Crippen LogP contribution in [0.5, 0.6) is 0 Å². The molecule has 2 rings (SSSR count). The second kappa shape index (κ2) is 13.2. The molecule has 0 saturated carbocycles. The van der Waals surface area contributed by atoms with Crippen LogP contribution in [0.4, 0.5) is 11.4 Å². The first-order chi connectivity index (χ1) is 16.0. The van der Waals surface area contributed by atoms with Crippen LogP contribution in [0.2, 0.25) is 0 Å². The molecule has 0 saturated heterocycles. The summed E-state index contributed by atoms with van der Waals surface area (Å²) in [6.07, 6.45) is 1.11. The summed E-state index contributed by atoms with van der Waals surface area (Å²) in [7, 11) is 0. The maximum atomic E-state index is 3.78. The van der Waals surface area contributed by atoms with Crippen LogP contribution >= 0.6 is 0 Å². The molecule has 0 aliphatic carbocycles. The Bertz CT molecular complexity index is 775. The summed E-state index contributed by atoms with van der Waals surface area (Å²) < 4.78 is 0. The molecule has 0 aliphatic heterocycles. The molecule has 190 valence electrons. The Hall–Kier alpha value is -2.00. The predicted molar refractivity (Wildman–Crippen MR) is 153 cm³/mol. The largest absolute Gasteiger partial charge is 0.385 e. The monoisotopic (exact) mass is 465 g/mol. The number of hydrogen-bond donors (Lipinski definition) is 3. The van der Waals surface area contributed by atoms with Gasteiger partial charge in [-0.15, -0.1) is 0 Å². The molecule has 0 unspecified atom stereocenters. The van der Waals surface area contributed by atoms with Crippen LogP contribution in [0, 0.1) is 13.8 Å². The van der Waals surface area contributed by atoms with Crippen molar-refractivity contribution in [1.29, 1.82) is 0 Å². The summed E-state index contributed by atoms with van der Waals surface area (Å²) in [6.45, 7) is 26.7. The molecule has 0 radical (unpaired) electrons. The molecule has 0 bridgehead atoms. The molecule has 0 atom stereocenters. The maximum absolute atomic E-state index is 3.78. The lowest BCUT2D eigenvalue weighted by Crippen LogP contribution is -2.25. The topological polar surface area (TPSA) is 36.1 Å². The van der Waals surface area contributed by atoms with Gasteiger partial charge in [0.05, 0.1) is 0 Å². The van der Waals surface area contributed by atoms with E-state index in [1.165, 1.54) is 44.8 Å². The first-order valence-corrected chi connectivity index (χ1v) is 13.5. The lowest BCUT2D eigenvalue weighted by molar-refractivity contribution is 0.673. The van der Waals surface area contributed by atoms with Gasteiger partial charge in [0.1, 0.15) is 0 Å². The minimum absolute atomic E-state index is 0.521. The molecule has 0 heterocycles. The normalized spacial score (nSPS) is 11.8. The second-order valence-electron chi connectivity index (χ2n) is 11.2. The van der Waals surface area contributed by atoms with Crippen molar-refractivity contribution in [3.63, 3.8) is 0 Å². The van der Waals surface area contributed by atoms with E-state index >= 15 is 0 Å². The van der Waals surface area contributed by atoms with Gasteiger partial charge < -0.3 is 16.0 Å². The highest BCUT2D eigenvalue weighted by Crippen LogP contribution is 2.34. The molecule has 0 aromatic heterocycles. The Morgan fingerprint density at radius 1 is 0.500 bits per heavy atom. The fourth-order valence-corrected chi connectivity index (χ4v) is 4.74. The number of benzene rings is 2. The van der Waals surface area contributed by atoms with E-state index in [0.29, 0.717) is 23.7 Å². The van der Waals surface area contributed by atoms with Crippen LogP contribution in [0.1, 0.15) is 119 Å². The Morgan fingerprint density at radius 2 is 0.853 bits per heavy atom. The van der Waals surface area contributed by atoms with Crippen molar-refractivity contribution in [3.05, 3.63) is 57.6 Å². The molecular formula is C31H51N3. The Morgan fingerprint density at radius 3 is 1.21 bits per heavy atom. The zero-order chi connectivity index (χ0) is 25.4. The zero-order valence-corrected chi connectivity index (χ0v) is 23.7. The smallest absolute Gasteiger partial charge is 0.0411 e. The molecule has 3 N–H and O–H groups in total. The minimum Gasteiger partial charge on any atom is -0.385 e. The summed E-state index contributed by atoms with van der Waals surface area (Å²) in [5.41, 5.74) is 11.2. The van der Waals surface area contributed by atoms with Gasteiger partial charge in [0.15, 0.2) is 0 Å². The van der Waals surface area contributed by atoms with Crippen molar-refractivity contribution in [1.82, 2.24) is 5.32 Å². The molecule has 2 aromatic rings. The standard InChI is InChI=1S/C31H51N3/c1-20(2)26-16-24(9)17-27(21(3)4)30(26)33-13-11-12-32-14-15-34-31-28(22(5)6)18-25(10)19-29(31)23(7)8/h16-23,32-34H,11-15H2,1-10H3. The predicted octanol–water partition coefficient (Wildman–Crippen LogP) is 8.30. The van der Waals surface area contributed by atoms with Gasteiger partial charge in [0.2, 0.25) is 0 Å². The maximum Gasteiger partial charge on any atom is 0.0411 e. The molecule has 3 nitrogen and oxygen atoms in total. The average Bonchev–Trinajstić information content (AvgIpc) is 2.75. The highest BCUT2D eigenvalue weighted by molar-refractivity contribution is 5.62. The van der Waals surface area contributed by atoms with Gasteiger partial charge in [0.25, 0.3) is 0 Å². The molecule has 2 aromatic carbocycles. The van der Waals surface area contributed by atoms with Crippen LogP contribution < -0.4 is 16.0 Å². The van der Waals surface area contributed by atoms with Gasteiger partial charge >= 0.3 is 0 Å². The van der Waals surface area contributed by atoms with Crippen molar-refractivity contribution in [2.24, 2.45) is 0 Å². The van der Waals surface area contributed by atoms with Crippen molar-refractivity contribution < 1.29 is 0 Å². The van der Waals surface area contributed by atoms with E-state index in [-0.39, 0.29) is 0 Å². The van der Waals surface area contributed by atoms with E-state index in [4.69, 9.17) is 0 Å². The van der Waals surface area contributed by atoms with E-state index in [1.54, 1.807) is 0 Å². The van der Waals surface area contributed by atoms with E-state index in [0.717, 1.165) is 32.6 Å². The number of anilines is 2. The van der Waals surface area contributed by atoms with E-state index in [2.05, 4.69) is 109 Å². The van der Waals surface area contributed by atoms with E-state index in [9.17, 15) is 0 Å². The lowest BCUT2D eigenvalue weighted by atomic mass is 9.90. The Balaban J connectivity index is 1.86. The third-order valence-corrected chi connectivity index (χ3v) is 6.61. The van der Waals surface area contributed by atoms with E-state index < -0.39 is 0 Å². The molecule has 34 heavy (non-hydrogen) atoms. The third-order valence-electron chi connectivity index (χ3n) is 6.61. The van der Waals surface area contributed by atoms with Crippen molar-refractivity contribution >= 4 is 11.4 Å². The van der Waals surface area contributed by atoms with Gasteiger partial charge in [-0.05, 0) is 72.7 Å². The van der Waals surface area contributed by atoms with Gasteiger partial charge in [-0.25, -0.2) is 0 Å². The van der Waals surface area contributed by atoms with Gasteiger partial charge in [-0.2, -0.15) is 0 Å². The van der Waals surface area contributed by atoms with Crippen LogP contribution in [0.25, 0.3) is 0 Å². The SMILES string of the molecule is Cc1cc(C(C)C)c(NCCCNCCNc2c(C(C)C)cc(C)cc2C(C)C)c(C(C)C)c1. The first-order valence-electron chi connectivity index (χ1n) is 13.5. The summed E-state index contributed by atoms with van der Waals surface area (Å²) in [6, 6.07) is 9.40. The number of nitrogens with one attached hydrogen (secondary N) is 3. The Labute approximate surface area is 210 Å². The van der Waals surface area contributed by atoms with Crippen LogP contribution in [-0.4, -0.2) is 26.2 Å². The molecule has 0 spiro atoms. The van der Waals surface area contributed by atoms with Gasteiger partial charge in [-0.1, -0.05) is 90.8 Å². The first kappa shape index (κ1) is 28.2. The molecule has 3 heteroatoms. The second-order valence-corrected chi connectivity index (χ2v) is 11.2. The minimum atomic E-state index is 0.521. The number of aryl methyl sites for hydroxylation is 2. The average molecular weight is 466 g/mol. The van der Waals surface area contributed by atoms with Crippen LogP contribution in [0.15, 0.2) is 24.3 Å². The van der Waals surface area contributed by atoms with Gasteiger partial charge in [0, 0.05) is 31.0 Å². The molecule has 0 fully saturated rings. The van der Waals surface area contributed by atoms with Gasteiger partial charge in [-0.3, -0.25) is 0 Å².